The Balaban J connectivity index is 1.49. The minimum atomic E-state index is -3.22. The molecule has 1 aliphatic heterocycles. The van der Waals surface area contributed by atoms with Crippen molar-refractivity contribution in [2.24, 2.45) is 0 Å². The number of aromatic nitrogens is 2. The molecule has 4 rings (SSSR count). The van der Waals surface area contributed by atoms with Crippen molar-refractivity contribution in [1.82, 2.24) is 14.5 Å². The quantitative estimate of drug-likeness (QED) is 0.808. The van der Waals surface area contributed by atoms with Crippen LogP contribution >= 0.6 is 11.3 Å². The van der Waals surface area contributed by atoms with Gasteiger partial charge in [-0.3, -0.25) is 0 Å². The van der Waals surface area contributed by atoms with Gasteiger partial charge in [-0.25, -0.2) is 12.7 Å². The summed E-state index contributed by atoms with van der Waals surface area (Å²) in [5, 5.41) is 12.1. The van der Waals surface area contributed by atoms with E-state index in [1.54, 1.807) is 15.6 Å². The number of thiophene rings is 1. The summed E-state index contributed by atoms with van der Waals surface area (Å²) in [5.41, 5.74) is 0.922. The zero-order valence-electron chi connectivity index (χ0n) is 14.1. The maximum Gasteiger partial charge on any atom is 0.248 e. The highest BCUT2D eigenvalue weighted by atomic mass is 32.2. The molecule has 1 saturated heterocycles. The summed E-state index contributed by atoms with van der Waals surface area (Å²) in [5.74, 6) is 1.07. The van der Waals surface area contributed by atoms with E-state index in [0.29, 0.717) is 24.9 Å². The predicted octanol–water partition coefficient (Wildman–Crippen LogP) is 3.64. The SMILES string of the molecule is O=S(=O)(C1CCCCC1)N1CCCC(c2nnc(-c3ccsc3)o2)C1. The highest BCUT2D eigenvalue weighted by Gasteiger charge is 2.37. The Hall–Kier alpha value is -1.25. The molecule has 6 nitrogen and oxygen atoms in total. The predicted molar refractivity (Wildman–Crippen MR) is 97.0 cm³/mol. The van der Waals surface area contributed by atoms with E-state index in [9.17, 15) is 8.42 Å². The van der Waals surface area contributed by atoms with Gasteiger partial charge in [0.15, 0.2) is 0 Å². The summed E-state index contributed by atoms with van der Waals surface area (Å²) >= 11 is 1.58. The van der Waals surface area contributed by atoms with Gasteiger partial charge >= 0.3 is 0 Å². The van der Waals surface area contributed by atoms with Crippen molar-refractivity contribution in [1.29, 1.82) is 0 Å². The van der Waals surface area contributed by atoms with E-state index >= 15 is 0 Å². The van der Waals surface area contributed by atoms with Gasteiger partial charge in [0.2, 0.25) is 21.8 Å². The molecule has 136 valence electrons. The van der Waals surface area contributed by atoms with Gasteiger partial charge < -0.3 is 4.42 Å². The van der Waals surface area contributed by atoms with E-state index in [0.717, 1.165) is 50.5 Å². The largest absolute Gasteiger partial charge is 0.420 e. The molecule has 1 saturated carbocycles. The fraction of sp³-hybridized carbons (Fsp3) is 0.647. The lowest BCUT2D eigenvalue weighted by atomic mass is 10.00. The molecule has 8 heteroatoms. The van der Waals surface area contributed by atoms with E-state index in [1.165, 1.54) is 0 Å². The van der Waals surface area contributed by atoms with Crippen LogP contribution in [0.5, 0.6) is 0 Å². The second-order valence-electron chi connectivity index (χ2n) is 6.96. The van der Waals surface area contributed by atoms with Crippen LogP contribution in [0.1, 0.15) is 56.8 Å². The van der Waals surface area contributed by atoms with Crippen molar-refractivity contribution in [3.8, 4) is 11.5 Å². The normalized spacial score (nSPS) is 23.8. The fourth-order valence-corrected chi connectivity index (χ4v) is 6.60. The van der Waals surface area contributed by atoms with Crippen molar-refractivity contribution in [3.63, 3.8) is 0 Å². The van der Waals surface area contributed by atoms with Crippen LogP contribution in [-0.2, 0) is 10.0 Å². The molecule has 0 radical (unpaired) electrons. The molecule has 2 aromatic rings. The van der Waals surface area contributed by atoms with E-state index in [-0.39, 0.29) is 11.2 Å². The Kier molecular flexibility index (Phi) is 4.92. The maximum absolute atomic E-state index is 13.0. The second-order valence-corrected chi connectivity index (χ2v) is 9.95. The summed E-state index contributed by atoms with van der Waals surface area (Å²) < 4.78 is 33.4. The molecule has 1 aliphatic carbocycles. The van der Waals surface area contributed by atoms with Gasteiger partial charge in [0, 0.05) is 24.0 Å². The third-order valence-corrected chi connectivity index (χ3v) is 8.32. The van der Waals surface area contributed by atoms with Crippen LogP contribution in [-0.4, -0.2) is 41.3 Å². The standard InChI is InChI=1S/C17H23N3O3S2/c21-25(22,15-6-2-1-3-7-15)20-9-4-5-13(11-20)16-18-19-17(23-16)14-8-10-24-12-14/h8,10,12-13,15H,1-7,9,11H2. The first kappa shape index (κ1) is 17.2. The first-order valence-electron chi connectivity index (χ1n) is 8.99. The lowest BCUT2D eigenvalue weighted by molar-refractivity contribution is 0.280. The number of hydrogen-bond donors (Lipinski definition) is 0. The number of sulfonamides is 1. The summed E-state index contributed by atoms with van der Waals surface area (Å²) in [6, 6.07) is 1.95. The molecule has 0 aromatic carbocycles. The molecule has 0 bridgehead atoms. The Morgan fingerprint density at radius 2 is 1.96 bits per heavy atom. The van der Waals surface area contributed by atoms with Gasteiger partial charge in [0.25, 0.3) is 0 Å². The maximum atomic E-state index is 13.0. The lowest BCUT2D eigenvalue weighted by Crippen LogP contribution is -2.44. The molecule has 1 unspecified atom stereocenters. The number of nitrogens with zero attached hydrogens (tertiary/aromatic N) is 3. The van der Waals surface area contributed by atoms with Crippen LogP contribution in [0.2, 0.25) is 0 Å². The fourth-order valence-electron chi connectivity index (χ4n) is 3.85. The van der Waals surface area contributed by atoms with E-state index < -0.39 is 10.0 Å². The Morgan fingerprint density at radius 1 is 1.12 bits per heavy atom. The van der Waals surface area contributed by atoms with E-state index in [4.69, 9.17) is 4.42 Å². The minimum Gasteiger partial charge on any atom is -0.420 e. The topological polar surface area (TPSA) is 76.3 Å². The van der Waals surface area contributed by atoms with Crippen molar-refractivity contribution in [2.75, 3.05) is 13.1 Å². The molecule has 0 N–H and O–H groups in total. The molecule has 3 heterocycles. The van der Waals surface area contributed by atoms with Gasteiger partial charge in [-0.05, 0) is 37.1 Å². The first-order valence-corrected chi connectivity index (χ1v) is 11.4. The summed E-state index contributed by atoms with van der Waals surface area (Å²) in [6.07, 6.45) is 6.53. The van der Waals surface area contributed by atoms with Crippen molar-refractivity contribution in [2.45, 2.75) is 56.1 Å². The van der Waals surface area contributed by atoms with Gasteiger partial charge in [-0.1, -0.05) is 19.3 Å². The Morgan fingerprint density at radius 3 is 2.72 bits per heavy atom. The molecule has 1 atom stereocenters. The molecule has 25 heavy (non-hydrogen) atoms. The zero-order valence-corrected chi connectivity index (χ0v) is 15.8. The van der Waals surface area contributed by atoms with Crippen LogP contribution in [0.25, 0.3) is 11.5 Å². The van der Waals surface area contributed by atoms with Gasteiger partial charge in [0.1, 0.15) is 0 Å². The van der Waals surface area contributed by atoms with E-state index in [1.807, 2.05) is 16.8 Å². The molecule has 2 aromatic heterocycles. The second kappa shape index (κ2) is 7.17. The lowest BCUT2D eigenvalue weighted by Gasteiger charge is -2.34. The van der Waals surface area contributed by atoms with Gasteiger partial charge in [-0.15, -0.1) is 10.2 Å². The number of hydrogen-bond acceptors (Lipinski definition) is 6. The van der Waals surface area contributed by atoms with Crippen LogP contribution < -0.4 is 0 Å². The van der Waals surface area contributed by atoms with Crippen LogP contribution in [0.15, 0.2) is 21.2 Å². The number of piperidine rings is 1. The number of rotatable bonds is 4. The van der Waals surface area contributed by atoms with Crippen molar-refractivity contribution < 1.29 is 12.8 Å². The van der Waals surface area contributed by atoms with Crippen molar-refractivity contribution >= 4 is 21.4 Å². The first-order chi connectivity index (χ1) is 12.1. The monoisotopic (exact) mass is 381 g/mol. The smallest absolute Gasteiger partial charge is 0.248 e. The average molecular weight is 382 g/mol. The Bertz CT molecular complexity index is 795. The average Bonchev–Trinajstić information content (AvgIpc) is 3.34. The highest BCUT2D eigenvalue weighted by Crippen LogP contribution is 2.33. The van der Waals surface area contributed by atoms with Crippen molar-refractivity contribution in [3.05, 3.63) is 22.7 Å². The highest BCUT2D eigenvalue weighted by molar-refractivity contribution is 7.89. The summed E-state index contributed by atoms with van der Waals surface area (Å²) in [6.45, 7) is 1.07. The third-order valence-electron chi connectivity index (χ3n) is 5.28. The van der Waals surface area contributed by atoms with E-state index in [2.05, 4.69) is 10.2 Å². The molecular weight excluding hydrogens is 358 g/mol. The molecule has 0 spiro atoms. The van der Waals surface area contributed by atoms with Crippen LogP contribution in [0.4, 0.5) is 0 Å². The third kappa shape index (κ3) is 3.52. The minimum absolute atomic E-state index is 0.00741. The Labute approximate surface area is 152 Å². The molecular formula is C17H23N3O3S2. The molecule has 2 aliphatic rings. The van der Waals surface area contributed by atoms with Crippen LogP contribution in [0, 0.1) is 0 Å². The van der Waals surface area contributed by atoms with Gasteiger partial charge in [-0.2, -0.15) is 11.3 Å². The van der Waals surface area contributed by atoms with Crippen LogP contribution in [0.3, 0.4) is 0 Å². The zero-order chi connectivity index (χ0) is 17.3. The van der Waals surface area contributed by atoms with Gasteiger partial charge in [0.05, 0.1) is 11.2 Å². The summed E-state index contributed by atoms with van der Waals surface area (Å²) in [7, 11) is -3.22. The summed E-state index contributed by atoms with van der Waals surface area (Å²) in [4.78, 5) is 0. The molecule has 2 fully saturated rings. The molecule has 0 amide bonds.